The van der Waals surface area contributed by atoms with Crippen molar-refractivity contribution in [2.75, 3.05) is 39.1 Å². The van der Waals surface area contributed by atoms with Crippen LogP contribution in [0.1, 0.15) is 30.0 Å². The van der Waals surface area contributed by atoms with Crippen molar-refractivity contribution in [2.24, 2.45) is 0 Å². The minimum Gasteiger partial charge on any atom is -0.384 e. The molecular weight excluding hydrogens is 254 g/mol. The van der Waals surface area contributed by atoms with Crippen molar-refractivity contribution in [1.29, 1.82) is 0 Å². The maximum absolute atomic E-state index is 5.87. The van der Waals surface area contributed by atoms with Gasteiger partial charge in [0.25, 0.3) is 0 Å². The predicted octanol–water partition coefficient (Wildman–Crippen LogP) is 1.39. The molecule has 3 heterocycles. The van der Waals surface area contributed by atoms with E-state index in [0.29, 0.717) is 17.8 Å². The molecule has 0 unspecified atom stereocenters. The Morgan fingerprint density at radius 1 is 1.45 bits per heavy atom. The second-order valence-corrected chi connectivity index (χ2v) is 5.71. The number of hydrogen-bond acceptors (Lipinski definition) is 5. The summed E-state index contributed by atoms with van der Waals surface area (Å²) in [7, 11) is 1.79. The second-order valence-electron chi connectivity index (χ2n) is 5.71. The van der Waals surface area contributed by atoms with Crippen LogP contribution in [0.15, 0.2) is 12.1 Å². The molecule has 2 N–H and O–H groups in total. The maximum atomic E-state index is 5.87. The molecule has 0 spiro atoms. The van der Waals surface area contributed by atoms with E-state index in [9.17, 15) is 0 Å². The van der Waals surface area contributed by atoms with Gasteiger partial charge in [-0.25, -0.2) is 4.98 Å². The van der Waals surface area contributed by atoms with Crippen LogP contribution in [0.2, 0.25) is 0 Å². The molecule has 0 radical (unpaired) electrons. The number of rotatable bonds is 4. The number of ether oxygens (including phenoxy) is 2. The highest BCUT2D eigenvalue weighted by Crippen LogP contribution is 2.29. The highest BCUT2D eigenvalue weighted by atomic mass is 16.5. The van der Waals surface area contributed by atoms with Gasteiger partial charge in [-0.3, -0.25) is 4.90 Å². The summed E-state index contributed by atoms with van der Waals surface area (Å²) in [6, 6.07) is 4.03. The van der Waals surface area contributed by atoms with E-state index in [2.05, 4.69) is 16.0 Å². The monoisotopic (exact) mass is 277 g/mol. The molecule has 0 amide bonds. The second kappa shape index (κ2) is 6.08. The third-order valence-electron chi connectivity index (χ3n) is 4.34. The van der Waals surface area contributed by atoms with Gasteiger partial charge in [-0.1, -0.05) is 6.07 Å². The Morgan fingerprint density at radius 3 is 3.05 bits per heavy atom. The lowest BCUT2D eigenvalue weighted by atomic mass is 9.96. The SMILES string of the molecule is CO[C@@H]1CCN(Cc2nc(N)ccc2[C@H]2CCOC2)C1. The Balaban J connectivity index is 1.75. The first-order chi connectivity index (χ1) is 9.76. The summed E-state index contributed by atoms with van der Waals surface area (Å²) in [5, 5.41) is 0. The van der Waals surface area contributed by atoms with Crippen LogP contribution in [-0.2, 0) is 16.0 Å². The van der Waals surface area contributed by atoms with E-state index in [1.165, 1.54) is 5.56 Å². The smallest absolute Gasteiger partial charge is 0.123 e. The van der Waals surface area contributed by atoms with Gasteiger partial charge in [-0.2, -0.15) is 0 Å². The van der Waals surface area contributed by atoms with Crippen LogP contribution >= 0.6 is 0 Å². The molecule has 1 aromatic heterocycles. The Labute approximate surface area is 120 Å². The van der Waals surface area contributed by atoms with Gasteiger partial charge in [0, 0.05) is 39.3 Å². The summed E-state index contributed by atoms with van der Waals surface area (Å²) >= 11 is 0. The van der Waals surface area contributed by atoms with Gasteiger partial charge in [0.1, 0.15) is 5.82 Å². The van der Waals surface area contributed by atoms with E-state index in [1.807, 2.05) is 6.07 Å². The summed E-state index contributed by atoms with van der Waals surface area (Å²) in [5.41, 5.74) is 8.28. The quantitative estimate of drug-likeness (QED) is 0.901. The first kappa shape index (κ1) is 13.8. The zero-order chi connectivity index (χ0) is 13.9. The van der Waals surface area contributed by atoms with Gasteiger partial charge in [-0.15, -0.1) is 0 Å². The minimum atomic E-state index is 0.356. The number of hydrogen-bond donors (Lipinski definition) is 1. The number of likely N-dealkylation sites (tertiary alicyclic amines) is 1. The number of nitrogen functional groups attached to an aromatic ring is 1. The van der Waals surface area contributed by atoms with Crippen molar-refractivity contribution < 1.29 is 9.47 Å². The lowest BCUT2D eigenvalue weighted by molar-refractivity contribution is 0.107. The van der Waals surface area contributed by atoms with Crippen LogP contribution in [0.3, 0.4) is 0 Å². The van der Waals surface area contributed by atoms with Crippen molar-refractivity contribution >= 4 is 5.82 Å². The number of aromatic nitrogens is 1. The Bertz CT molecular complexity index is 460. The van der Waals surface area contributed by atoms with Crippen molar-refractivity contribution in [3.63, 3.8) is 0 Å². The van der Waals surface area contributed by atoms with Crippen LogP contribution in [0, 0.1) is 0 Å². The molecule has 2 aliphatic rings. The fraction of sp³-hybridized carbons (Fsp3) is 0.667. The molecule has 5 nitrogen and oxygen atoms in total. The van der Waals surface area contributed by atoms with Crippen LogP contribution in [0.4, 0.5) is 5.82 Å². The van der Waals surface area contributed by atoms with Gasteiger partial charge in [0.15, 0.2) is 0 Å². The normalized spacial score (nSPS) is 27.2. The molecule has 0 aliphatic carbocycles. The topological polar surface area (TPSA) is 60.6 Å². The van der Waals surface area contributed by atoms with Gasteiger partial charge >= 0.3 is 0 Å². The molecular formula is C15H23N3O2. The lowest BCUT2D eigenvalue weighted by Gasteiger charge is -2.19. The van der Waals surface area contributed by atoms with E-state index in [-0.39, 0.29) is 0 Å². The molecule has 2 saturated heterocycles. The molecule has 20 heavy (non-hydrogen) atoms. The van der Waals surface area contributed by atoms with Crippen LogP contribution in [0.25, 0.3) is 0 Å². The summed E-state index contributed by atoms with van der Waals surface area (Å²) in [6.45, 7) is 4.56. The molecule has 2 aliphatic heterocycles. The molecule has 0 saturated carbocycles. The standard InChI is InChI=1S/C15H23N3O2/c1-19-12-4-6-18(8-12)9-14-13(2-3-15(16)17-14)11-5-7-20-10-11/h2-3,11-12H,4-10H2,1H3,(H2,16,17)/t11-,12+/m0/s1. The summed E-state index contributed by atoms with van der Waals surface area (Å²) in [6.07, 6.45) is 2.54. The van der Waals surface area contributed by atoms with Crippen LogP contribution in [0.5, 0.6) is 0 Å². The molecule has 0 aromatic carbocycles. The van der Waals surface area contributed by atoms with Crippen molar-refractivity contribution in [2.45, 2.75) is 31.4 Å². The summed E-state index contributed by atoms with van der Waals surface area (Å²) < 4.78 is 10.9. The van der Waals surface area contributed by atoms with E-state index in [1.54, 1.807) is 7.11 Å². The van der Waals surface area contributed by atoms with Crippen molar-refractivity contribution in [1.82, 2.24) is 9.88 Å². The Kier molecular flexibility index (Phi) is 4.19. The molecule has 3 rings (SSSR count). The highest BCUT2D eigenvalue weighted by Gasteiger charge is 2.26. The molecule has 1 aromatic rings. The van der Waals surface area contributed by atoms with E-state index < -0.39 is 0 Å². The van der Waals surface area contributed by atoms with Crippen molar-refractivity contribution in [3.05, 3.63) is 23.4 Å². The van der Waals surface area contributed by atoms with Crippen LogP contribution < -0.4 is 5.73 Å². The predicted molar refractivity (Wildman–Crippen MR) is 77.5 cm³/mol. The van der Waals surface area contributed by atoms with Gasteiger partial charge in [0.05, 0.1) is 18.4 Å². The van der Waals surface area contributed by atoms with E-state index in [4.69, 9.17) is 15.2 Å². The first-order valence-corrected chi connectivity index (χ1v) is 7.34. The molecule has 2 atom stereocenters. The first-order valence-electron chi connectivity index (χ1n) is 7.34. The number of pyridine rings is 1. The average Bonchev–Trinajstić information content (AvgIpc) is 3.10. The maximum Gasteiger partial charge on any atom is 0.123 e. The number of nitrogens with two attached hydrogens (primary N) is 1. The van der Waals surface area contributed by atoms with Crippen LogP contribution in [-0.4, -0.2) is 49.4 Å². The zero-order valence-electron chi connectivity index (χ0n) is 12.0. The van der Waals surface area contributed by atoms with Gasteiger partial charge < -0.3 is 15.2 Å². The third-order valence-corrected chi connectivity index (χ3v) is 4.34. The molecule has 0 bridgehead atoms. The van der Waals surface area contributed by atoms with Gasteiger partial charge in [0.2, 0.25) is 0 Å². The minimum absolute atomic E-state index is 0.356. The summed E-state index contributed by atoms with van der Waals surface area (Å²) in [4.78, 5) is 6.97. The number of anilines is 1. The average molecular weight is 277 g/mol. The third kappa shape index (κ3) is 2.95. The summed E-state index contributed by atoms with van der Waals surface area (Å²) in [5.74, 6) is 1.07. The van der Waals surface area contributed by atoms with Crippen molar-refractivity contribution in [3.8, 4) is 0 Å². The van der Waals surface area contributed by atoms with E-state index >= 15 is 0 Å². The van der Waals surface area contributed by atoms with Gasteiger partial charge in [-0.05, 0) is 24.5 Å². The number of nitrogens with zero attached hydrogens (tertiary/aromatic N) is 2. The Morgan fingerprint density at radius 2 is 2.35 bits per heavy atom. The lowest BCUT2D eigenvalue weighted by Crippen LogP contribution is -2.24. The fourth-order valence-electron chi connectivity index (χ4n) is 3.15. The highest BCUT2D eigenvalue weighted by molar-refractivity contribution is 5.36. The largest absolute Gasteiger partial charge is 0.384 e. The fourth-order valence-corrected chi connectivity index (χ4v) is 3.15. The zero-order valence-corrected chi connectivity index (χ0v) is 12.0. The molecule has 110 valence electrons. The molecule has 2 fully saturated rings. The molecule has 5 heteroatoms. The Hall–Kier alpha value is -1.17. The number of methoxy groups -OCH3 is 1. The van der Waals surface area contributed by atoms with E-state index in [0.717, 1.165) is 51.4 Å².